The second-order valence-corrected chi connectivity index (χ2v) is 26.6. The molecular formula is C90H96N4+4. The quantitative estimate of drug-likeness (QED) is 0.121. The fraction of sp³-hybridized carbons (Fsp3) is 0.244. The first-order valence-corrected chi connectivity index (χ1v) is 34.2. The van der Waals surface area contributed by atoms with E-state index in [4.69, 9.17) is 0 Å². The molecule has 14 rings (SSSR count). The van der Waals surface area contributed by atoms with Gasteiger partial charge >= 0.3 is 0 Å². The molecule has 12 aromatic rings. The summed E-state index contributed by atoms with van der Waals surface area (Å²) in [6.45, 7) is 15.2. The molecule has 0 bridgehead atoms. The van der Waals surface area contributed by atoms with Crippen molar-refractivity contribution >= 4 is 0 Å². The molecule has 2 saturated carbocycles. The smallest absolute Gasteiger partial charge is 0.201 e. The van der Waals surface area contributed by atoms with Crippen molar-refractivity contribution < 1.29 is 18.3 Å². The molecule has 4 heterocycles. The first kappa shape index (κ1) is 65.8. The zero-order chi connectivity index (χ0) is 65.7. The monoisotopic (exact) mass is 1230 g/mol. The van der Waals surface area contributed by atoms with Crippen LogP contribution in [0.15, 0.2) is 261 Å². The molecule has 0 spiro atoms. The molecule has 0 radical (unpaired) electrons. The molecule has 8 aromatic carbocycles. The lowest BCUT2D eigenvalue weighted by molar-refractivity contribution is -0.660. The van der Waals surface area contributed by atoms with Crippen molar-refractivity contribution in [1.82, 2.24) is 0 Å². The van der Waals surface area contributed by atoms with Gasteiger partial charge in [0.15, 0.2) is 24.8 Å². The molecule has 0 amide bonds. The van der Waals surface area contributed by atoms with Crippen LogP contribution < -0.4 is 18.3 Å². The van der Waals surface area contributed by atoms with Gasteiger partial charge in [0.1, 0.15) is 28.2 Å². The first-order valence-electron chi connectivity index (χ1n) is 34.2. The predicted molar refractivity (Wildman–Crippen MR) is 394 cm³/mol. The summed E-state index contributed by atoms with van der Waals surface area (Å²) in [7, 11) is 8.55. The number of benzene rings is 8. The van der Waals surface area contributed by atoms with E-state index in [9.17, 15) is 0 Å². The third-order valence-corrected chi connectivity index (χ3v) is 19.8. The highest BCUT2D eigenvalue weighted by molar-refractivity contribution is 5.76. The van der Waals surface area contributed by atoms with E-state index < -0.39 is 0 Å². The van der Waals surface area contributed by atoms with Crippen LogP contribution in [0.1, 0.15) is 120 Å². The Morgan fingerprint density at radius 2 is 0.564 bits per heavy atom. The van der Waals surface area contributed by atoms with Gasteiger partial charge in [-0.1, -0.05) is 202 Å². The third kappa shape index (κ3) is 16.0. The zero-order valence-corrected chi connectivity index (χ0v) is 57.6. The molecule has 0 atom stereocenters. The van der Waals surface area contributed by atoms with Crippen LogP contribution in [0.3, 0.4) is 0 Å². The van der Waals surface area contributed by atoms with Gasteiger partial charge in [-0.25, -0.2) is 18.3 Å². The average molecular weight is 1230 g/mol. The standard InChI is InChI=1S/C25H28N.C24H26N.C21H22N.C20H20N/c1-19-13-14-22(20-9-5-3-6-10-20)17-24(19)25-18-23(15-16-26(25)2)21-11-7-4-8-12-21;1-18-12-13-21(19-8-4-3-5-9-19)16-23(18)24-17-22(14-15-25(24)2)20-10-6-7-11-20;1-15-10-11-19(18-8-6-5-7-9-18)13-20(15)21-12-16(2)17(3)14-22(21)4;1-15-9-12-20(21(3)14-15)19-13-18(11-10-16(19)2)17-7-5-4-6-8-17/h3,5-6,9-10,13-18,21H,4,7-8,11-12H2,1-2H3;3-5,8-9,12-17,20H,6-7,10-11H2,1-2H3;5-14H,1-4H3;4-14H,1-3H3/q4*+1. The number of pyridine rings is 4. The van der Waals surface area contributed by atoms with Crippen LogP contribution in [0, 0.1) is 48.5 Å². The molecule has 4 nitrogen and oxygen atoms in total. The Labute approximate surface area is 562 Å². The molecule has 0 aliphatic heterocycles. The minimum atomic E-state index is 0.737. The number of aromatic nitrogens is 4. The van der Waals surface area contributed by atoms with Crippen molar-refractivity contribution in [2.24, 2.45) is 28.2 Å². The number of nitrogens with zero attached hydrogens (tertiary/aromatic N) is 4. The van der Waals surface area contributed by atoms with E-state index >= 15 is 0 Å². The fourth-order valence-electron chi connectivity index (χ4n) is 13.9. The molecule has 2 fully saturated rings. The van der Waals surface area contributed by atoms with Crippen LogP contribution in [0.2, 0.25) is 0 Å². The highest BCUT2D eigenvalue weighted by Gasteiger charge is 2.24. The maximum absolute atomic E-state index is 2.44. The van der Waals surface area contributed by atoms with E-state index in [2.05, 4.69) is 356 Å². The van der Waals surface area contributed by atoms with E-state index in [-0.39, 0.29) is 0 Å². The van der Waals surface area contributed by atoms with Gasteiger partial charge in [0.2, 0.25) is 22.8 Å². The number of rotatable bonds is 10. The van der Waals surface area contributed by atoms with Crippen LogP contribution in [0.25, 0.3) is 89.5 Å². The van der Waals surface area contributed by atoms with Gasteiger partial charge in [0, 0.05) is 69.8 Å². The van der Waals surface area contributed by atoms with Crippen molar-refractivity contribution in [3.63, 3.8) is 0 Å². The van der Waals surface area contributed by atoms with Gasteiger partial charge in [-0.3, -0.25) is 0 Å². The first-order chi connectivity index (χ1) is 45.6. The maximum Gasteiger partial charge on any atom is 0.212 e. The predicted octanol–water partition coefficient (Wildman–Crippen LogP) is 21.2. The highest BCUT2D eigenvalue weighted by Crippen LogP contribution is 2.38. The van der Waals surface area contributed by atoms with E-state index in [0.29, 0.717) is 0 Å². The van der Waals surface area contributed by atoms with Crippen LogP contribution in [0.5, 0.6) is 0 Å². The van der Waals surface area contributed by atoms with Crippen LogP contribution in [-0.2, 0) is 28.2 Å². The molecule has 94 heavy (non-hydrogen) atoms. The summed E-state index contributed by atoms with van der Waals surface area (Å²) < 4.78 is 8.95. The lowest BCUT2D eigenvalue weighted by atomic mass is 9.84. The van der Waals surface area contributed by atoms with Crippen molar-refractivity contribution in [3.05, 3.63) is 311 Å². The van der Waals surface area contributed by atoms with Gasteiger partial charge in [-0.15, -0.1) is 0 Å². The van der Waals surface area contributed by atoms with Gasteiger partial charge in [-0.05, 0) is 200 Å². The normalized spacial score (nSPS) is 13.0. The minimum absolute atomic E-state index is 0.737. The number of hydrogen-bond acceptors (Lipinski definition) is 0. The Morgan fingerprint density at radius 3 is 0.915 bits per heavy atom. The van der Waals surface area contributed by atoms with Gasteiger partial charge < -0.3 is 0 Å². The third-order valence-electron chi connectivity index (χ3n) is 19.8. The van der Waals surface area contributed by atoms with E-state index in [1.165, 1.54) is 197 Å². The summed E-state index contributed by atoms with van der Waals surface area (Å²) in [5, 5.41) is 0. The number of hydrogen-bond donors (Lipinski definition) is 0. The summed E-state index contributed by atoms with van der Waals surface area (Å²) >= 11 is 0. The van der Waals surface area contributed by atoms with Crippen LogP contribution in [-0.4, -0.2) is 0 Å². The zero-order valence-electron chi connectivity index (χ0n) is 57.6. The second-order valence-electron chi connectivity index (χ2n) is 26.6. The molecule has 0 N–H and O–H groups in total. The lowest BCUT2D eigenvalue weighted by Gasteiger charge is -2.22. The molecule has 0 saturated heterocycles. The molecule has 472 valence electrons. The van der Waals surface area contributed by atoms with Crippen molar-refractivity contribution in [2.75, 3.05) is 0 Å². The van der Waals surface area contributed by atoms with E-state index in [0.717, 1.165) is 11.8 Å². The number of aryl methyl sites for hydroxylation is 11. The van der Waals surface area contributed by atoms with Crippen LogP contribution >= 0.6 is 0 Å². The van der Waals surface area contributed by atoms with Crippen molar-refractivity contribution in [3.8, 4) is 89.5 Å². The lowest BCUT2D eigenvalue weighted by Crippen LogP contribution is -2.31. The summed E-state index contributed by atoms with van der Waals surface area (Å²) in [4.78, 5) is 0. The van der Waals surface area contributed by atoms with Crippen molar-refractivity contribution in [1.29, 1.82) is 0 Å². The van der Waals surface area contributed by atoms with E-state index in [1.807, 2.05) is 0 Å². The fourth-order valence-corrected chi connectivity index (χ4v) is 13.9. The maximum atomic E-state index is 2.44. The molecular weight excluding hydrogens is 1140 g/mol. The molecule has 2 aliphatic rings. The molecule has 0 unspecified atom stereocenters. The Bertz CT molecular complexity index is 4520. The SMILES string of the molecule is Cc1cc(-c2cc(-c3ccccc3)ccc2C)[n+](C)cc1C.Cc1ccc(-c2cc(-c3ccccc3)ccc2C)[n+](C)c1.Cc1ccc(-c2ccccc2)cc1-c1cc(C2CCCC2)cc[n+]1C.Cc1ccc(-c2ccccc2)cc1-c1cc(C2CCCCC2)cc[n+]1C. The summed E-state index contributed by atoms with van der Waals surface area (Å²) in [5.74, 6) is 1.49. The van der Waals surface area contributed by atoms with E-state index in [1.54, 1.807) is 0 Å². The molecule has 4 heteroatoms. The van der Waals surface area contributed by atoms with Crippen molar-refractivity contribution in [2.45, 2.75) is 118 Å². The van der Waals surface area contributed by atoms with Gasteiger partial charge in [-0.2, -0.15) is 0 Å². The molecule has 4 aromatic heterocycles. The topological polar surface area (TPSA) is 15.5 Å². The largest absolute Gasteiger partial charge is 0.212 e. The highest BCUT2D eigenvalue weighted by atomic mass is 14.9. The Morgan fingerprint density at radius 1 is 0.245 bits per heavy atom. The summed E-state index contributed by atoms with van der Waals surface area (Å²) in [5.41, 5.74) is 32.8. The Balaban J connectivity index is 0.000000128. The second kappa shape index (κ2) is 30.9. The Kier molecular flexibility index (Phi) is 21.6. The van der Waals surface area contributed by atoms with Gasteiger partial charge in [0.05, 0.1) is 0 Å². The average Bonchev–Trinajstić information content (AvgIpc) is 1.23. The van der Waals surface area contributed by atoms with Gasteiger partial charge in [0.25, 0.3) is 0 Å². The minimum Gasteiger partial charge on any atom is -0.201 e. The summed E-state index contributed by atoms with van der Waals surface area (Å²) in [6, 6.07) is 85.7. The molecule has 2 aliphatic carbocycles. The Hall–Kier alpha value is -9.64. The summed E-state index contributed by atoms with van der Waals surface area (Å²) in [6.07, 6.45) is 21.1. The van der Waals surface area contributed by atoms with Crippen LogP contribution in [0.4, 0.5) is 0 Å².